The van der Waals surface area contributed by atoms with Gasteiger partial charge < -0.3 is 14.5 Å². The van der Waals surface area contributed by atoms with Gasteiger partial charge >= 0.3 is 0 Å². The minimum atomic E-state index is -0.321. The predicted octanol–water partition coefficient (Wildman–Crippen LogP) is 4.24. The van der Waals surface area contributed by atoms with Crippen LogP contribution >= 0.6 is 0 Å². The predicted molar refractivity (Wildman–Crippen MR) is 91.8 cm³/mol. The minimum absolute atomic E-state index is 0.163. The third-order valence-electron chi connectivity index (χ3n) is 3.78. The molecule has 0 fully saturated rings. The summed E-state index contributed by atoms with van der Waals surface area (Å²) in [6, 6.07) is 16.9. The van der Waals surface area contributed by atoms with Crippen molar-refractivity contribution in [3.63, 3.8) is 0 Å². The molecule has 0 atom stereocenters. The zero-order valence-electron chi connectivity index (χ0n) is 13.8. The number of ether oxygens (including phenoxy) is 1. The van der Waals surface area contributed by atoms with Gasteiger partial charge in [-0.25, -0.2) is 4.39 Å². The van der Waals surface area contributed by atoms with Crippen LogP contribution in [0.1, 0.15) is 27.4 Å². The molecule has 0 saturated carbocycles. The van der Waals surface area contributed by atoms with Crippen molar-refractivity contribution in [2.45, 2.75) is 20.1 Å². The highest BCUT2D eigenvalue weighted by Crippen LogP contribution is 2.15. The average molecular weight is 339 g/mol. The molecule has 0 aliphatic carbocycles. The molecule has 0 unspecified atom stereocenters. The van der Waals surface area contributed by atoms with E-state index in [1.807, 2.05) is 31.2 Å². The molecule has 25 heavy (non-hydrogen) atoms. The van der Waals surface area contributed by atoms with Gasteiger partial charge in [0.05, 0.1) is 0 Å². The number of amides is 1. The molecule has 2 aromatic carbocycles. The largest absolute Gasteiger partial charge is 0.486 e. The first-order valence-electron chi connectivity index (χ1n) is 7.91. The number of rotatable bonds is 6. The van der Waals surface area contributed by atoms with Gasteiger partial charge in [-0.05, 0) is 54.4 Å². The highest BCUT2D eigenvalue weighted by atomic mass is 19.1. The fourth-order valence-electron chi connectivity index (χ4n) is 2.33. The van der Waals surface area contributed by atoms with Crippen LogP contribution in [0.3, 0.4) is 0 Å². The maximum absolute atomic E-state index is 12.8. The Morgan fingerprint density at radius 2 is 1.84 bits per heavy atom. The molecule has 0 aliphatic heterocycles. The van der Waals surface area contributed by atoms with Crippen LogP contribution < -0.4 is 10.1 Å². The molecule has 0 saturated heterocycles. The summed E-state index contributed by atoms with van der Waals surface area (Å²) >= 11 is 0. The van der Waals surface area contributed by atoms with Gasteiger partial charge in [0, 0.05) is 6.54 Å². The number of hydrogen-bond acceptors (Lipinski definition) is 3. The summed E-state index contributed by atoms with van der Waals surface area (Å²) in [5.74, 6) is 0.675. The molecule has 3 rings (SSSR count). The Labute approximate surface area is 145 Å². The maximum atomic E-state index is 12.8. The summed E-state index contributed by atoms with van der Waals surface area (Å²) in [6.07, 6.45) is 0. The van der Waals surface area contributed by atoms with Crippen LogP contribution in [0.4, 0.5) is 4.39 Å². The van der Waals surface area contributed by atoms with Crippen LogP contribution in [0.25, 0.3) is 0 Å². The van der Waals surface area contributed by atoms with Crippen LogP contribution in [0.5, 0.6) is 5.75 Å². The van der Waals surface area contributed by atoms with Crippen molar-refractivity contribution in [2.75, 3.05) is 0 Å². The van der Waals surface area contributed by atoms with Crippen LogP contribution in [-0.2, 0) is 13.2 Å². The summed E-state index contributed by atoms with van der Waals surface area (Å²) in [7, 11) is 0. The second-order valence-electron chi connectivity index (χ2n) is 5.62. The van der Waals surface area contributed by atoms with Crippen LogP contribution in [0.15, 0.2) is 65.1 Å². The van der Waals surface area contributed by atoms with E-state index in [0.717, 1.165) is 11.1 Å². The average Bonchev–Trinajstić information content (AvgIpc) is 3.09. The van der Waals surface area contributed by atoms with Crippen LogP contribution in [0.2, 0.25) is 0 Å². The molecule has 0 aliphatic rings. The lowest BCUT2D eigenvalue weighted by Crippen LogP contribution is -2.22. The lowest BCUT2D eigenvalue weighted by atomic mass is 10.1. The van der Waals surface area contributed by atoms with Crippen molar-refractivity contribution in [1.82, 2.24) is 5.32 Å². The number of aryl methyl sites for hydroxylation is 1. The van der Waals surface area contributed by atoms with Crippen molar-refractivity contribution in [3.8, 4) is 5.75 Å². The van der Waals surface area contributed by atoms with E-state index in [9.17, 15) is 9.18 Å². The fraction of sp³-hybridized carbons (Fsp3) is 0.150. The minimum Gasteiger partial charge on any atom is -0.486 e. The van der Waals surface area contributed by atoms with Gasteiger partial charge in [-0.15, -0.1) is 0 Å². The lowest BCUT2D eigenvalue weighted by molar-refractivity contribution is 0.0919. The van der Waals surface area contributed by atoms with Crippen LogP contribution in [0, 0.1) is 12.7 Å². The Morgan fingerprint density at radius 1 is 1.08 bits per heavy atom. The maximum Gasteiger partial charge on any atom is 0.287 e. The van der Waals surface area contributed by atoms with Gasteiger partial charge in [-0.3, -0.25) is 4.79 Å². The number of carbonyl (C=O) groups is 1. The van der Waals surface area contributed by atoms with Gasteiger partial charge in [0.2, 0.25) is 0 Å². The standard InChI is InChI=1S/C20H18FNO3/c1-14-4-2-3-5-15(14)12-22-20(23)19-11-10-18(25-19)13-24-17-8-6-16(21)7-9-17/h2-11H,12-13H2,1H3,(H,22,23). The second kappa shape index (κ2) is 7.66. The summed E-state index contributed by atoms with van der Waals surface area (Å²) in [5, 5.41) is 2.83. The molecular weight excluding hydrogens is 321 g/mol. The molecule has 0 bridgehead atoms. The first-order valence-corrected chi connectivity index (χ1v) is 7.91. The van der Waals surface area contributed by atoms with Crippen molar-refractivity contribution in [2.24, 2.45) is 0 Å². The first-order chi connectivity index (χ1) is 12.1. The van der Waals surface area contributed by atoms with E-state index in [4.69, 9.17) is 9.15 Å². The molecule has 0 radical (unpaired) electrons. The first kappa shape index (κ1) is 16.8. The summed E-state index contributed by atoms with van der Waals surface area (Å²) in [4.78, 5) is 12.2. The van der Waals surface area contributed by atoms with Crippen molar-refractivity contribution >= 4 is 5.91 Å². The zero-order valence-corrected chi connectivity index (χ0v) is 13.8. The summed E-state index contributed by atoms with van der Waals surface area (Å²) in [5.41, 5.74) is 2.18. The molecule has 0 spiro atoms. The molecular formula is C20H18FNO3. The van der Waals surface area contributed by atoms with Gasteiger partial charge in [0.1, 0.15) is 23.9 Å². The number of benzene rings is 2. The molecule has 3 aromatic rings. The number of hydrogen-bond donors (Lipinski definition) is 1. The Hall–Kier alpha value is -3.08. The van der Waals surface area contributed by atoms with Gasteiger partial charge in [0.15, 0.2) is 5.76 Å². The molecule has 1 N–H and O–H groups in total. The Morgan fingerprint density at radius 3 is 2.60 bits per heavy atom. The molecule has 128 valence electrons. The van der Waals surface area contributed by atoms with Gasteiger partial charge in [0.25, 0.3) is 5.91 Å². The highest BCUT2D eigenvalue weighted by molar-refractivity contribution is 5.91. The summed E-state index contributed by atoms with van der Waals surface area (Å²) in [6.45, 7) is 2.60. The number of halogens is 1. The fourth-order valence-corrected chi connectivity index (χ4v) is 2.33. The van der Waals surface area contributed by atoms with Crippen LogP contribution in [-0.4, -0.2) is 5.91 Å². The monoisotopic (exact) mass is 339 g/mol. The zero-order chi connectivity index (χ0) is 17.6. The number of nitrogens with one attached hydrogen (secondary N) is 1. The third-order valence-corrected chi connectivity index (χ3v) is 3.78. The Kier molecular flexibility index (Phi) is 5.14. The SMILES string of the molecule is Cc1ccccc1CNC(=O)c1ccc(COc2ccc(F)cc2)o1. The smallest absolute Gasteiger partial charge is 0.287 e. The summed E-state index contributed by atoms with van der Waals surface area (Å²) < 4.78 is 23.8. The number of carbonyl (C=O) groups excluding carboxylic acids is 1. The molecule has 5 heteroatoms. The van der Waals surface area contributed by atoms with Crippen molar-refractivity contribution in [1.29, 1.82) is 0 Å². The molecule has 1 aromatic heterocycles. The molecule has 4 nitrogen and oxygen atoms in total. The van der Waals surface area contributed by atoms with E-state index in [-0.39, 0.29) is 24.1 Å². The Bertz CT molecular complexity index is 855. The lowest BCUT2D eigenvalue weighted by Gasteiger charge is -2.06. The van der Waals surface area contributed by atoms with E-state index in [2.05, 4.69) is 5.32 Å². The Balaban J connectivity index is 1.54. The van der Waals surface area contributed by atoms with E-state index >= 15 is 0 Å². The van der Waals surface area contributed by atoms with E-state index in [1.165, 1.54) is 24.3 Å². The molecule has 1 amide bonds. The van der Waals surface area contributed by atoms with Crippen molar-refractivity contribution in [3.05, 3.63) is 89.1 Å². The highest BCUT2D eigenvalue weighted by Gasteiger charge is 2.11. The molecule has 1 heterocycles. The van der Waals surface area contributed by atoms with Crippen molar-refractivity contribution < 1.29 is 18.3 Å². The quantitative estimate of drug-likeness (QED) is 0.731. The van der Waals surface area contributed by atoms with Gasteiger partial charge in [-0.1, -0.05) is 24.3 Å². The normalized spacial score (nSPS) is 10.5. The van der Waals surface area contributed by atoms with E-state index in [1.54, 1.807) is 12.1 Å². The van der Waals surface area contributed by atoms with E-state index in [0.29, 0.717) is 18.1 Å². The van der Waals surface area contributed by atoms with E-state index < -0.39 is 0 Å². The topological polar surface area (TPSA) is 51.5 Å². The third kappa shape index (κ3) is 4.47. The number of furan rings is 1. The van der Waals surface area contributed by atoms with Gasteiger partial charge in [-0.2, -0.15) is 0 Å². The second-order valence-corrected chi connectivity index (χ2v) is 5.62.